The average Bonchev–Trinajstić information content (AvgIpc) is 2.62. The second-order valence-electron chi connectivity index (χ2n) is 7.07. The smallest absolute Gasteiger partial charge is 0.118 e. The number of rotatable bonds is 2. The average molecular weight is 383 g/mol. The van der Waals surface area contributed by atoms with Crippen molar-refractivity contribution in [2.75, 3.05) is 26.2 Å². The zero-order chi connectivity index (χ0) is 20.2. The van der Waals surface area contributed by atoms with E-state index in [1.165, 1.54) is 12.1 Å². The Kier molecular flexibility index (Phi) is 11.2. The van der Waals surface area contributed by atoms with E-state index in [1.54, 1.807) is 18.2 Å². The van der Waals surface area contributed by atoms with Crippen LogP contribution < -0.4 is 15.7 Å². The largest absolute Gasteiger partial charge is 0.547 e. The van der Waals surface area contributed by atoms with E-state index in [0.29, 0.717) is 30.0 Å². The van der Waals surface area contributed by atoms with E-state index in [2.05, 4.69) is 38.3 Å². The van der Waals surface area contributed by atoms with E-state index in [-0.39, 0.29) is 0 Å². The van der Waals surface area contributed by atoms with Gasteiger partial charge in [-0.3, -0.25) is 0 Å². The summed E-state index contributed by atoms with van der Waals surface area (Å²) in [5.41, 5.74) is 0.340. The molecular formula is C20H34N2O5. The van der Waals surface area contributed by atoms with Gasteiger partial charge in [0.15, 0.2) is 0 Å². The first-order valence-corrected chi connectivity index (χ1v) is 9.56. The molecular weight excluding hydrogens is 348 g/mol. The van der Waals surface area contributed by atoms with Crippen LogP contribution in [0, 0.1) is 0 Å². The van der Waals surface area contributed by atoms with Gasteiger partial charge in [0, 0.05) is 13.1 Å². The molecule has 0 aliphatic carbocycles. The van der Waals surface area contributed by atoms with Crippen LogP contribution in [0.3, 0.4) is 0 Å². The van der Waals surface area contributed by atoms with Crippen LogP contribution in [0.1, 0.15) is 39.4 Å². The van der Waals surface area contributed by atoms with Crippen LogP contribution in [-0.4, -0.2) is 61.7 Å². The molecule has 3 rings (SSSR count). The highest BCUT2D eigenvalue weighted by molar-refractivity contribution is 5.71. The zero-order valence-corrected chi connectivity index (χ0v) is 16.8. The molecule has 154 valence electrons. The van der Waals surface area contributed by atoms with E-state index in [9.17, 15) is 9.90 Å². The second kappa shape index (κ2) is 12.8. The molecule has 0 aromatic heterocycles. The highest BCUT2D eigenvalue weighted by atomic mass is 16.5. The van der Waals surface area contributed by atoms with Crippen molar-refractivity contribution >= 4 is 5.97 Å². The molecule has 7 nitrogen and oxygen atoms in total. The van der Waals surface area contributed by atoms with Crippen LogP contribution in [0.5, 0.6) is 0 Å². The van der Waals surface area contributed by atoms with Crippen LogP contribution >= 0.6 is 0 Å². The van der Waals surface area contributed by atoms with Gasteiger partial charge in [-0.25, -0.2) is 0 Å². The molecule has 27 heavy (non-hydrogen) atoms. The van der Waals surface area contributed by atoms with Crippen LogP contribution in [0.2, 0.25) is 0 Å². The predicted octanol–water partition coefficient (Wildman–Crippen LogP) is -0.790. The van der Waals surface area contributed by atoms with Crippen molar-refractivity contribution in [2.45, 2.75) is 58.2 Å². The third kappa shape index (κ3) is 10.4. The Bertz CT molecular complexity index is 492. The molecule has 0 saturated carbocycles. The summed E-state index contributed by atoms with van der Waals surface area (Å²) in [6.45, 7) is 12.7. The topological polar surface area (TPSA) is 107 Å². The quantitative estimate of drug-likeness (QED) is 0.619. The SMILES string of the molecule is C[C@@H]1CNC[C@@H](C)O1.C[C@@H]1C[NH2+]C[C@@H](C)O1.O=C([O-])[C@@H](O)c1ccccc1. The van der Waals surface area contributed by atoms with Crippen LogP contribution in [0.4, 0.5) is 0 Å². The first-order valence-electron chi connectivity index (χ1n) is 9.56. The number of aliphatic hydroxyl groups excluding tert-OH is 1. The summed E-state index contributed by atoms with van der Waals surface area (Å²) in [6, 6.07) is 8.11. The lowest BCUT2D eigenvalue weighted by molar-refractivity contribution is -0.683. The molecule has 4 N–H and O–H groups in total. The summed E-state index contributed by atoms with van der Waals surface area (Å²) in [4.78, 5) is 10.1. The molecule has 0 radical (unpaired) electrons. The minimum Gasteiger partial charge on any atom is -0.547 e. The molecule has 0 bridgehead atoms. The number of carboxylic acid groups (broad SMARTS) is 1. The number of nitrogens with two attached hydrogens (primary N) is 1. The lowest BCUT2D eigenvalue weighted by Crippen LogP contribution is -2.90. The maximum atomic E-state index is 10.1. The number of benzene rings is 1. The monoisotopic (exact) mass is 382 g/mol. The van der Waals surface area contributed by atoms with Gasteiger partial charge in [0.05, 0.1) is 18.2 Å². The molecule has 0 amide bonds. The van der Waals surface area contributed by atoms with Crippen LogP contribution in [-0.2, 0) is 14.3 Å². The summed E-state index contributed by atoms with van der Waals surface area (Å²) < 4.78 is 10.9. The minimum absolute atomic E-state index is 0.340. The third-order valence-electron chi connectivity index (χ3n) is 4.13. The van der Waals surface area contributed by atoms with Gasteiger partial charge in [-0.2, -0.15) is 0 Å². The fourth-order valence-electron chi connectivity index (χ4n) is 2.83. The molecule has 2 aliphatic heterocycles. The molecule has 2 saturated heterocycles. The number of aliphatic hydroxyl groups is 1. The van der Waals surface area contributed by atoms with Crippen molar-refractivity contribution in [2.24, 2.45) is 0 Å². The molecule has 0 spiro atoms. The van der Waals surface area contributed by atoms with Crippen molar-refractivity contribution in [3.8, 4) is 0 Å². The number of quaternary nitrogens is 1. The third-order valence-corrected chi connectivity index (χ3v) is 4.13. The van der Waals surface area contributed by atoms with Gasteiger partial charge in [0.2, 0.25) is 0 Å². The standard InChI is InChI=1S/C8H8O3.2C6H13NO/c9-7(8(10)11)6-4-2-1-3-5-6;2*1-5-3-7-4-6(2)8-5/h1-5,7,9H,(H,10,11);2*5-7H,3-4H2,1-2H3/t7-;2*5-,6-/m011/s1. The number of hydrogen-bond acceptors (Lipinski definition) is 6. The number of carbonyl (C=O) groups excluding carboxylic acids is 1. The molecule has 2 aliphatic rings. The number of aliphatic carboxylic acids is 1. The lowest BCUT2D eigenvalue weighted by Gasteiger charge is -2.25. The Hall–Kier alpha value is -1.51. The number of carboxylic acids is 1. The second-order valence-corrected chi connectivity index (χ2v) is 7.07. The molecule has 7 heteroatoms. The molecule has 1 aromatic carbocycles. The molecule has 1 aromatic rings. The fourth-order valence-corrected chi connectivity index (χ4v) is 2.83. The van der Waals surface area contributed by atoms with Crippen molar-refractivity contribution < 1.29 is 29.8 Å². The van der Waals surface area contributed by atoms with E-state index >= 15 is 0 Å². The normalized spacial score (nSPS) is 28.6. The van der Waals surface area contributed by atoms with E-state index in [0.717, 1.165) is 26.2 Å². The van der Waals surface area contributed by atoms with Crippen molar-refractivity contribution in [3.05, 3.63) is 35.9 Å². The number of ether oxygens (including phenoxy) is 2. The van der Waals surface area contributed by atoms with Crippen molar-refractivity contribution in [1.82, 2.24) is 5.32 Å². The zero-order valence-electron chi connectivity index (χ0n) is 16.8. The van der Waals surface area contributed by atoms with Gasteiger partial charge in [0.1, 0.15) is 31.4 Å². The van der Waals surface area contributed by atoms with Crippen molar-refractivity contribution in [1.29, 1.82) is 0 Å². The number of carbonyl (C=O) groups is 1. The number of hydrogen-bond donors (Lipinski definition) is 3. The van der Waals surface area contributed by atoms with Gasteiger partial charge in [-0.05, 0) is 33.3 Å². The van der Waals surface area contributed by atoms with Gasteiger partial charge >= 0.3 is 0 Å². The molecule has 5 atom stereocenters. The van der Waals surface area contributed by atoms with Gasteiger partial charge < -0.3 is 35.1 Å². The highest BCUT2D eigenvalue weighted by Crippen LogP contribution is 2.09. The van der Waals surface area contributed by atoms with Gasteiger partial charge in [-0.1, -0.05) is 30.3 Å². The Morgan fingerprint density at radius 2 is 1.52 bits per heavy atom. The van der Waals surface area contributed by atoms with Crippen molar-refractivity contribution in [3.63, 3.8) is 0 Å². The van der Waals surface area contributed by atoms with E-state index < -0.39 is 12.1 Å². The lowest BCUT2D eigenvalue weighted by atomic mass is 10.1. The van der Waals surface area contributed by atoms with Crippen LogP contribution in [0.25, 0.3) is 0 Å². The molecule has 2 heterocycles. The first kappa shape index (κ1) is 23.5. The Morgan fingerprint density at radius 3 is 1.85 bits per heavy atom. The van der Waals surface area contributed by atoms with Gasteiger partial charge in [0.25, 0.3) is 0 Å². The molecule has 0 unspecified atom stereocenters. The van der Waals surface area contributed by atoms with Crippen LogP contribution in [0.15, 0.2) is 30.3 Å². The maximum Gasteiger partial charge on any atom is 0.118 e. The maximum absolute atomic E-state index is 10.1. The number of nitrogens with one attached hydrogen (secondary N) is 1. The van der Waals surface area contributed by atoms with Gasteiger partial charge in [-0.15, -0.1) is 0 Å². The summed E-state index contributed by atoms with van der Waals surface area (Å²) in [5, 5.41) is 24.6. The summed E-state index contributed by atoms with van der Waals surface area (Å²) in [5.74, 6) is -1.48. The summed E-state index contributed by atoms with van der Waals surface area (Å²) in [6.07, 6.45) is 0.200. The predicted molar refractivity (Wildman–Crippen MR) is 101 cm³/mol. The Labute approximate surface area is 162 Å². The summed E-state index contributed by atoms with van der Waals surface area (Å²) in [7, 11) is 0. The Balaban J connectivity index is 0.000000206. The molecule has 2 fully saturated rings. The minimum atomic E-state index is -1.52. The number of morpholine rings is 2. The summed E-state index contributed by atoms with van der Waals surface area (Å²) >= 11 is 0. The first-order chi connectivity index (χ1) is 12.8. The van der Waals surface area contributed by atoms with E-state index in [4.69, 9.17) is 14.6 Å². The fraction of sp³-hybridized carbons (Fsp3) is 0.650. The highest BCUT2D eigenvalue weighted by Gasteiger charge is 2.16. The van der Waals surface area contributed by atoms with E-state index in [1.807, 2.05) is 0 Å². The Morgan fingerprint density at radius 1 is 1.04 bits per heavy atom.